The van der Waals surface area contributed by atoms with Crippen LogP contribution in [0.4, 0.5) is 11.4 Å². The summed E-state index contributed by atoms with van der Waals surface area (Å²) < 4.78 is 0.353. The Labute approximate surface area is 132 Å². The Kier molecular flexibility index (Phi) is 4.44. The third kappa shape index (κ3) is 3.32. The van der Waals surface area contributed by atoms with Crippen molar-refractivity contribution in [3.8, 4) is 5.75 Å². The molecule has 21 heavy (non-hydrogen) atoms. The van der Waals surface area contributed by atoms with Gasteiger partial charge in [-0.3, -0.25) is 14.9 Å². The van der Waals surface area contributed by atoms with Crippen LogP contribution < -0.4 is 5.32 Å². The largest absolute Gasteiger partial charge is 0.506 e. The molecule has 0 aliphatic carbocycles. The molecule has 6 nitrogen and oxygen atoms in total. The van der Waals surface area contributed by atoms with E-state index in [0.717, 1.165) is 0 Å². The molecule has 0 radical (unpaired) electrons. The van der Waals surface area contributed by atoms with Gasteiger partial charge in [-0.05, 0) is 34.1 Å². The highest BCUT2D eigenvalue weighted by Crippen LogP contribution is 2.30. The molecule has 0 fully saturated rings. The molecule has 0 aromatic heterocycles. The van der Waals surface area contributed by atoms with Gasteiger partial charge >= 0.3 is 0 Å². The van der Waals surface area contributed by atoms with Crippen LogP contribution in [0.15, 0.2) is 40.9 Å². The van der Waals surface area contributed by atoms with Gasteiger partial charge in [0.1, 0.15) is 5.75 Å². The second kappa shape index (κ2) is 6.11. The van der Waals surface area contributed by atoms with E-state index in [-0.39, 0.29) is 22.0 Å². The average Bonchev–Trinajstić information content (AvgIpc) is 2.43. The molecule has 0 aliphatic rings. The number of benzene rings is 2. The minimum absolute atomic E-state index is 0.00718. The van der Waals surface area contributed by atoms with Crippen LogP contribution >= 0.6 is 27.5 Å². The molecule has 0 saturated heterocycles. The zero-order chi connectivity index (χ0) is 15.6. The van der Waals surface area contributed by atoms with Crippen molar-refractivity contribution in [3.05, 3.63) is 61.6 Å². The molecular formula is C13H8BrClN2O4. The number of halogens is 2. The normalized spacial score (nSPS) is 10.2. The van der Waals surface area contributed by atoms with Crippen molar-refractivity contribution in [2.45, 2.75) is 0 Å². The van der Waals surface area contributed by atoms with Gasteiger partial charge in [-0.15, -0.1) is 0 Å². The number of aromatic hydroxyl groups is 1. The molecular weight excluding hydrogens is 364 g/mol. The lowest BCUT2D eigenvalue weighted by Crippen LogP contribution is -2.12. The van der Waals surface area contributed by atoms with E-state index in [2.05, 4.69) is 21.2 Å². The van der Waals surface area contributed by atoms with Gasteiger partial charge in [-0.25, -0.2) is 0 Å². The third-order valence-corrected chi connectivity index (χ3v) is 3.60. The van der Waals surface area contributed by atoms with Gasteiger partial charge < -0.3 is 10.4 Å². The fourth-order valence-corrected chi connectivity index (χ4v) is 2.25. The molecule has 0 spiro atoms. The standard InChI is InChI=1S/C13H8BrClN2O4/c14-9-6-7(17(20)21)4-5-11(9)16-13(19)8-2-1-3-10(15)12(8)18/h1-6,18H,(H,16,19). The molecule has 1 amide bonds. The first-order valence-electron chi connectivity index (χ1n) is 5.63. The van der Waals surface area contributed by atoms with E-state index in [0.29, 0.717) is 10.2 Å². The number of nitro groups is 1. The quantitative estimate of drug-likeness (QED) is 0.631. The minimum atomic E-state index is -0.579. The van der Waals surface area contributed by atoms with Crippen molar-refractivity contribution in [2.24, 2.45) is 0 Å². The van der Waals surface area contributed by atoms with Crippen LogP contribution in [-0.2, 0) is 0 Å². The lowest BCUT2D eigenvalue weighted by Gasteiger charge is -2.09. The van der Waals surface area contributed by atoms with Crippen molar-refractivity contribution >= 4 is 44.8 Å². The number of hydrogen-bond acceptors (Lipinski definition) is 4. The maximum absolute atomic E-state index is 12.1. The lowest BCUT2D eigenvalue weighted by atomic mass is 10.2. The number of nitrogens with zero attached hydrogens (tertiary/aromatic N) is 1. The predicted octanol–water partition coefficient (Wildman–Crippen LogP) is 3.97. The number of rotatable bonds is 3. The molecule has 0 saturated carbocycles. The summed E-state index contributed by atoms with van der Waals surface area (Å²) in [5.74, 6) is -0.903. The summed E-state index contributed by atoms with van der Waals surface area (Å²) in [4.78, 5) is 22.2. The number of amides is 1. The summed E-state index contributed by atoms with van der Waals surface area (Å²) in [6.45, 7) is 0. The van der Waals surface area contributed by atoms with Crippen LogP contribution in [-0.4, -0.2) is 15.9 Å². The molecule has 2 rings (SSSR count). The zero-order valence-electron chi connectivity index (χ0n) is 10.3. The predicted molar refractivity (Wildman–Crippen MR) is 81.9 cm³/mol. The minimum Gasteiger partial charge on any atom is -0.506 e. The number of carbonyl (C=O) groups is 1. The molecule has 2 N–H and O–H groups in total. The van der Waals surface area contributed by atoms with E-state index in [1.807, 2.05) is 0 Å². The fourth-order valence-electron chi connectivity index (χ4n) is 1.61. The van der Waals surface area contributed by atoms with Gasteiger partial charge in [0, 0.05) is 16.6 Å². The summed E-state index contributed by atoms with van der Waals surface area (Å²) in [6.07, 6.45) is 0. The zero-order valence-corrected chi connectivity index (χ0v) is 12.7. The number of non-ortho nitro benzene ring substituents is 1. The SMILES string of the molecule is O=C(Nc1ccc([N+](=O)[O-])cc1Br)c1cccc(Cl)c1O. The maximum Gasteiger partial charge on any atom is 0.270 e. The summed E-state index contributed by atoms with van der Waals surface area (Å²) in [6, 6.07) is 8.32. The number of carbonyl (C=O) groups excluding carboxylic acids is 1. The molecule has 0 unspecified atom stereocenters. The van der Waals surface area contributed by atoms with E-state index >= 15 is 0 Å². The Morgan fingerprint density at radius 3 is 2.67 bits per heavy atom. The topological polar surface area (TPSA) is 92.5 Å². The Hall–Kier alpha value is -2.12. The second-order valence-corrected chi connectivity index (χ2v) is 5.27. The fraction of sp³-hybridized carbons (Fsp3) is 0. The lowest BCUT2D eigenvalue weighted by molar-refractivity contribution is -0.384. The Bertz CT molecular complexity index is 736. The van der Waals surface area contributed by atoms with Crippen LogP contribution in [0, 0.1) is 10.1 Å². The molecule has 0 bridgehead atoms. The van der Waals surface area contributed by atoms with E-state index in [1.165, 1.54) is 36.4 Å². The summed E-state index contributed by atoms with van der Waals surface area (Å²) in [5, 5.41) is 23.0. The van der Waals surface area contributed by atoms with Gasteiger partial charge in [-0.2, -0.15) is 0 Å². The van der Waals surface area contributed by atoms with E-state index in [4.69, 9.17) is 11.6 Å². The van der Waals surface area contributed by atoms with E-state index < -0.39 is 10.8 Å². The smallest absolute Gasteiger partial charge is 0.270 e. The van der Waals surface area contributed by atoms with Gasteiger partial charge in [0.15, 0.2) is 0 Å². The Balaban J connectivity index is 2.28. The number of hydrogen-bond donors (Lipinski definition) is 2. The van der Waals surface area contributed by atoms with Crippen molar-refractivity contribution in [1.29, 1.82) is 0 Å². The number of phenols is 1. The van der Waals surface area contributed by atoms with Crippen LogP contribution in [0.1, 0.15) is 10.4 Å². The van der Waals surface area contributed by atoms with Crippen molar-refractivity contribution < 1.29 is 14.8 Å². The molecule has 0 aliphatic heterocycles. The monoisotopic (exact) mass is 370 g/mol. The van der Waals surface area contributed by atoms with Crippen molar-refractivity contribution in [3.63, 3.8) is 0 Å². The molecule has 8 heteroatoms. The van der Waals surface area contributed by atoms with E-state index in [1.54, 1.807) is 0 Å². The first-order valence-corrected chi connectivity index (χ1v) is 6.80. The van der Waals surface area contributed by atoms with Gasteiger partial charge in [0.2, 0.25) is 0 Å². The van der Waals surface area contributed by atoms with Gasteiger partial charge in [0.25, 0.3) is 11.6 Å². The van der Waals surface area contributed by atoms with Crippen LogP contribution in [0.3, 0.4) is 0 Å². The molecule has 2 aromatic carbocycles. The van der Waals surface area contributed by atoms with E-state index in [9.17, 15) is 20.0 Å². The van der Waals surface area contributed by atoms with Crippen LogP contribution in [0.5, 0.6) is 5.75 Å². The van der Waals surface area contributed by atoms with Gasteiger partial charge in [-0.1, -0.05) is 17.7 Å². The number of phenolic OH excluding ortho intramolecular Hbond substituents is 1. The summed E-state index contributed by atoms with van der Waals surface area (Å²) in [5.41, 5.74) is 0.239. The maximum atomic E-state index is 12.1. The van der Waals surface area contributed by atoms with Crippen molar-refractivity contribution in [1.82, 2.24) is 0 Å². The molecule has 2 aromatic rings. The second-order valence-electron chi connectivity index (χ2n) is 4.01. The number of anilines is 1. The first-order chi connectivity index (χ1) is 9.90. The highest BCUT2D eigenvalue weighted by molar-refractivity contribution is 9.10. The highest BCUT2D eigenvalue weighted by atomic mass is 79.9. The number of nitro benzene ring substituents is 1. The highest BCUT2D eigenvalue weighted by Gasteiger charge is 2.16. The van der Waals surface area contributed by atoms with Crippen LogP contribution in [0.2, 0.25) is 5.02 Å². The summed E-state index contributed by atoms with van der Waals surface area (Å²) >= 11 is 8.88. The molecule has 108 valence electrons. The number of nitrogens with one attached hydrogen (secondary N) is 1. The molecule has 0 heterocycles. The van der Waals surface area contributed by atoms with Crippen LogP contribution in [0.25, 0.3) is 0 Å². The number of para-hydroxylation sites is 1. The Morgan fingerprint density at radius 2 is 2.05 bits per heavy atom. The van der Waals surface area contributed by atoms with Crippen molar-refractivity contribution in [2.75, 3.05) is 5.32 Å². The van der Waals surface area contributed by atoms with Gasteiger partial charge in [0.05, 0.1) is 21.2 Å². The average molecular weight is 372 g/mol. The third-order valence-electron chi connectivity index (χ3n) is 2.64. The first kappa shape index (κ1) is 15.3. The Morgan fingerprint density at radius 1 is 1.33 bits per heavy atom. The molecule has 0 atom stereocenters. The summed E-state index contributed by atoms with van der Waals surface area (Å²) in [7, 11) is 0.